The van der Waals surface area contributed by atoms with E-state index in [2.05, 4.69) is 71.4 Å². The fourth-order valence-corrected chi connectivity index (χ4v) is 5.86. The van der Waals surface area contributed by atoms with Crippen LogP contribution in [-0.2, 0) is 9.59 Å². The molecule has 0 spiro atoms. The Balaban J connectivity index is 1.83. The van der Waals surface area contributed by atoms with Crippen LogP contribution in [0.25, 0.3) is 6.08 Å². The highest BCUT2D eigenvalue weighted by molar-refractivity contribution is 14.1. The summed E-state index contributed by atoms with van der Waals surface area (Å²) in [4.78, 5) is 28.1. The van der Waals surface area contributed by atoms with Crippen LogP contribution in [0.2, 0.25) is 0 Å². The summed E-state index contributed by atoms with van der Waals surface area (Å²) in [5, 5.41) is 12.1. The van der Waals surface area contributed by atoms with Crippen molar-refractivity contribution >= 4 is 102 Å². The summed E-state index contributed by atoms with van der Waals surface area (Å²) in [6.07, 6.45) is 1.78. The highest BCUT2D eigenvalue weighted by Crippen LogP contribution is 2.33. The molecule has 0 aliphatic carbocycles. The molecule has 0 unspecified atom stereocenters. The third kappa shape index (κ3) is 5.95. The number of amides is 1. The second-order valence-electron chi connectivity index (χ2n) is 5.91. The molecule has 0 aromatic heterocycles. The first kappa shape index (κ1) is 22.6. The van der Waals surface area contributed by atoms with Gasteiger partial charge in [-0.1, -0.05) is 15.9 Å². The molecule has 1 saturated heterocycles. The van der Waals surface area contributed by atoms with Gasteiger partial charge in [-0.15, -0.1) is 0 Å². The van der Waals surface area contributed by atoms with Gasteiger partial charge in [0.25, 0.3) is 5.91 Å². The molecule has 1 fully saturated rings. The van der Waals surface area contributed by atoms with Crippen molar-refractivity contribution in [1.29, 1.82) is 0 Å². The lowest BCUT2D eigenvalue weighted by Gasteiger charge is -2.09. The van der Waals surface area contributed by atoms with E-state index in [9.17, 15) is 9.59 Å². The van der Waals surface area contributed by atoms with Crippen LogP contribution in [0.4, 0.5) is 5.69 Å². The number of rotatable bonds is 5. The number of carboxylic acids is 1. The molecular weight excluding hydrogens is 686 g/mol. The van der Waals surface area contributed by atoms with E-state index in [1.165, 1.54) is 11.8 Å². The molecule has 2 aromatic rings. The maximum atomic E-state index is 12.4. The van der Waals surface area contributed by atoms with Crippen LogP contribution in [0.1, 0.15) is 11.1 Å². The van der Waals surface area contributed by atoms with Gasteiger partial charge in [-0.05, 0) is 111 Å². The molecule has 2 aromatic carbocycles. The lowest BCUT2D eigenvalue weighted by molar-refractivity contribution is -0.139. The van der Waals surface area contributed by atoms with Crippen LogP contribution in [-0.4, -0.2) is 28.8 Å². The van der Waals surface area contributed by atoms with Gasteiger partial charge in [-0.2, -0.15) is 0 Å². The number of carbonyl (C=O) groups is 2. The lowest BCUT2D eigenvalue weighted by atomic mass is 10.2. The van der Waals surface area contributed by atoms with Gasteiger partial charge in [0.05, 0.1) is 17.7 Å². The molecule has 150 valence electrons. The molecule has 1 amide bonds. The normalized spacial score (nSPS) is 16.3. The monoisotopic (exact) mass is 698 g/mol. The van der Waals surface area contributed by atoms with Crippen molar-refractivity contribution in [1.82, 2.24) is 5.32 Å². The maximum absolute atomic E-state index is 12.4. The van der Waals surface area contributed by atoms with E-state index in [0.29, 0.717) is 15.8 Å². The standard InChI is InChI=1S/C19H13BrI2N2O4S/c1-9-4-11(20)2-3-14(9)23-19-24-18(27)15(29-19)7-10-5-12(21)17(13(22)6-10)28-8-16(25)26/h2-7H,8H2,1H3,(H,25,26)(H,23,24,27)/b15-7-. The summed E-state index contributed by atoms with van der Waals surface area (Å²) in [5.74, 6) is -0.721. The number of halogens is 3. The maximum Gasteiger partial charge on any atom is 0.341 e. The van der Waals surface area contributed by atoms with Gasteiger partial charge in [-0.3, -0.25) is 4.79 Å². The minimum absolute atomic E-state index is 0.209. The van der Waals surface area contributed by atoms with E-state index in [1.54, 1.807) is 6.08 Å². The molecule has 0 saturated carbocycles. The summed E-state index contributed by atoms with van der Waals surface area (Å²) in [6.45, 7) is 1.56. The Kier molecular flexibility index (Phi) is 7.62. The number of aliphatic imine (C=N–C) groups is 1. The summed E-state index contributed by atoms with van der Waals surface area (Å²) in [5.41, 5.74) is 2.61. The summed E-state index contributed by atoms with van der Waals surface area (Å²) in [7, 11) is 0. The number of nitrogens with one attached hydrogen (secondary N) is 1. The van der Waals surface area contributed by atoms with Crippen molar-refractivity contribution in [3.63, 3.8) is 0 Å². The topological polar surface area (TPSA) is 88.0 Å². The number of aliphatic carboxylic acids is 1. The van der Waals surface area contributed by atoms with Crippen molar-refractivity contribution in [2.45, 2.75) is 6.92 Å². The van der Waals surface area contributed by atoms with E-state index in [-0.39, 0.29) is 5.91 Å². The Hall–Kier alpha value is -1.12. The van der Waals surface area contributed by atoms with Gasteiger partial charge in [0.1, 0.15) is 5.75 Å². The highest BCUT2D eigenvalue weighted by atomic mass is 127. The van der Waals surface area contributed by atoms with Gasteiger partial charge in [0.15, 0.2) is 11.8 Å². The predicted octanol–water partition coefficient (Wildman–Crippen LogP) is 5.32. The molecule has 2 N–H and O–H groups in total. The molecule has 3 rings (SSSR count). The molecular formula is C19H13BrI2N2O4S. The fourth-order valence-electron chi connectivity index (χ4n) is 2.42. The molecule has 1 aliphatic rings. The fraction of sp³-hybridized carbons (Fsp3) is 0.105. The number of nitrogens with zero attached hydrogens (tertiary/aromatic N) is 1. The zero-order valence-corrected chi connectivity index (χ0v) is 21.6. The van der Waals surface area contributed by atoms with Crippen molar-refractivity contribution in [3.8, 4) is 5.75 Å². The van der Waals surface area contributed by atoms with Crippen molar-refractivity contribution in [2.75, 3.05) is 6.61 Å². The Bertz CT molecular complexity index is 1050. The summed E-state index contributed by atoms with van der Waals surface area (Å²) in [6, 6.07) is 9.45. The van der Waals surface area contributed by atoms with E-state index in [0.717, 1.165) is 28.4 Å². The number of ether oxygens (including phenoxy) is 1. The first-order valence-corrected chi connectivity index (χ1v) is 11.9. The molecule has 6 nitrogen and oxygen atoms in total. The smallest absolute Gasteiger partial charge is 0.341 e. The zero-order chi connectivity index (χ0) is 21.1. The van der Waals surface area contributed by atoms with Gasteiger partial charge in [-0.25, -0.2) is 9.79 Å². The third-order valence-corrected chi connectivity index (χ3v) is 6.70. The van der Waals surface area contributed by atoms with Crippen molar-refractivity contribution < 1.29 is 19.4 Å². The number of carboxylic acid groups (broad SMARTS) is 1. The van der Waals surface area contributed by atoms with Gasteiger partial charge < -0.3 is 15.2 Å². The average Bonchev–Trinajstić information content (AvgIpc) is 2.95. The lowest BCUT2D eigenvalue weighted by Crippen LogP contribution is -2.19. The Morgan fingerprint density at radius 2 is 2.00 bits per heavy atom. The second-order valence-corrected chi connectivity index (χ2v) is 10.2. The van der Waals surface area contributed by atoms with Gasteiger partial charge >= 0.3 is 5.97 Å². The zero-order valence-electron chi connectivity index (χ0n) is 14.8. The Labute approximate surface area is 207 Å². The van der Waals surface area contributed by atoms with Gasteiger partial charge in [0.2, 0.25) is 0 Å². The van der Waals surface area contributed by atoms with E-state index < -0.39 is 12.6 Å². The first-order chi connectivity index (χ1) is 13.7. The van der Waals surface area contributed by atoms with Crippen molar-refractivity contribution in [2.24, 2.45) is 4.99 Å². The molecule has 10 heteroatoms. The number of thioether (sulfide) groups is 1. The third-order valence-electron chi connectivity index (χ3n) is 3.69. The summed E-state index contributed by atoms with van der Waals surface area (Å²) < 4.78 is 7.85. The summed E-state index contributed by atoms with van der Waals surface area (Å²) >= 11 is 8.88. The number of hydrogen-bond donors (Lipinski definition) is 2. The molecule has 0 atom stereocenters. The molecule has 0 bridgehead atoms. The van der Waals surface area contributed by atoms with Gasteiger partial charge in [0, 0.05) is 4.47 Å². The molecule has 1 heterocycles. The van der Waals surface area contributed by atoms with Crippen LogP contribution >= 0.6 is 72.9 Å². The Morgan fingerprint density at radius 3 is 2.62 bits per heavy atom. The Morgan fingerprint density at radius 1 is 1.31 bits per heavy atom. The quantitative estimate of drug-likeness (QED) is 0.326. The van der Waals surface area contributed by atoms with Crippen molar-refractivity contribution in [3.05, 3.63) is 58.0 Å². The molecule has 29 heavy (non-hydrogen) atoms. The largest absolute Gasteiger partial charge is 0.480 e. The van der Waals surface area contributed by atoms with Crippen LogP contribution < -0.4 is 10.1 Å². The SMILES string of the molecule is Cc1cc(Br)ccc1N=C1NC(=O)/C(=C/c2cc(I)c(OCC(=O)O)c(I)c2)S1. The second kappa shape index (κ2) is 9.79. The van der Waals surface area contributed by atoms with E-state index in [1.807, 2.05) is 37.3 Å². The number of carbonyl (C=O) groups excluding carboxylic acids is 1. The number of amidine groups is 1. The molecule has 1 aliphatic heterocycles. The minimum Gasteiger partial charge on any atom is -0.480 e. The van der Waals surface area contributed by atoms with Crippen LogP contribution in [0.15, 0.2) is 44.7 Å². The van der Waals surface area contributed by atoms with Crippen LogP contribution in [0.3, 0.4) is 0 Å². The average molecular weight is 699 g/mol. The minimum atomic E-state index is -1.03. The number of benzene rings is 2. The van der Waals surface area contributed by atoms with E-state index in [4.69, 9.17) is 9.84 Å². The highest BCUT2D eigenvalue weighted by Gasteiger charge is 2.24. The number of hydrogen-bond acceptors (Lipinski definition) is 5. The predicted molar refractivity (Wildman–Crippen MR) is 135 cm³/mol. The molecule has 0 radical (unpaired) electrons. The number of aryl methyl sites for hydroxylation is 1. The van der Waals surface area contributed by atoms with E-state index >= 15 is 0 Å². The van der Waals surface area contributed by atoms with Crippen LogP contribution in [0.5, 0.6) is 5.75 Å². The van der Waals surface area contributed by atoms with Crippen LogP contribution in [0, 0.1) is 14.1 Å². The first-order valence-electron chi connectivity index (χ1n) is 8.12.